The van der Waals surface area contributed by atoms with E-state index in [0.29, 0.717) is 13.1 Å². The normalized spacial score (nSPS) is 12.6. The molecule has 0 bridgehead atoms. The summed E-state index contributed by atoms with van der Waals surface area (Å²) in [5.41, 5.74) is 0. The van der Waals surface area contributed by atoms with Crippen LogP contribution >= 0.6 is 0 Å². The van der Waals surface area contributed by atoms with Gasteiger partial charge in [-0.3, -0.25) is 0 Å². The van der Waals surface area contributed by atoms with Gasteiger partial charge in [0.1, 0.15) is 0 Å². The SMILES string of the molecule is CCN(CC)S(=O)(=O)/N=C/OOC. The fourth-order valence-corrected chi connectivity index (χ4v) is 1.66. The summed E-state index contributed by atoms with van der Waals surface area (Å²) in [5, 5.41) is 0. The smallest absolute Gasteiger partial charge is 0.325 e. The molecule has 0 aliphatic heterocycles. The van der Waals surface area contributed by atoms with Crippen LogP contribution in [0.1, 0.15) is 13.8 Å². The van der Waals surface area contributed by atoms with Crippen molar-refractivity contribution in [3.63, 3.8) is 0 Å². The van der Waals surface area contributed by atoms with Crippen LogP contribution in [-0.4, -0.2) is 39.3 Å². The summed E-state index contributed by atoms with van der Waals surface area (Å²) in [4.78, 5) is 8.36. The van der Waals surface area contributed by atoms with E-state index in [9.17, 15) is 8.42 Å². The molecule has 0 heterocycles. The second kappa shape index (κ2) is 5.90. The molecule has 0 amide bonds. The molecule has 0 rings (SSSR count). The monoisotopic (exact) mass is 210 g/mol. The topological polar surface area (TPSA) is 68.2 Å². The van der Waals surface area contributed by atoms with Gasteiger partial charge in [0.15, 0.2) is 0 Å². The van der Waals surface area contributed by atoms with E-state index in [1.807, 2.05) is 0 Å². The first-order valence-corrected chi connectivity index (χ1v) is 5.21. The summed E-state index contributed by atoms with van der Waals surface area (Å²) in [6.45, 7) is 4.22. The molecule has 7 heteroatoms. The Bertz CT molecular complexity index is 245. The summed E-state index contributed by atoms with van der Waals surface area (Å²) in [6.07, 6.45) is 0.744. The standard InChI is InChI=1S/C6H14N2O4S/c1-4-8(5-2)13(9,10)7-6-12-11-3/h6H,4-5H2,1-3H3/b7-6+. The maximum atomic E-state index is 11.3. The van der Waals surface area contributed by atoms with Gasteiger partial charge in [0.2, 0.25) is 6.40 Å². The minimum Gasteiger partial charge on any atom is -0.325 e. The van der Waals surface area contributed by atoms with Crippen molar-refractivity contribution >= 4 is 16.6 Å². The molecule has 0 radical (unpaired) electrons. The Balaban J connectivity index is 4.38. The maximum Gasteiger partial charge on any atom is 0.325 e. The van der Waals surface area contributed by atoms with Crippen LogP contribution in [0.25, 0.3) is 0 Å². The average Bonchev–Trinajstić information content (AvgIpc) is 2.06. The molecule has 13 heavy (non-hydrogen) atoms. The van der Waals surface area contributed by atoms with Crippen molar-refractivity contribution < 1.29 is 18.2 Å². The number of rotatable bonds is 6. The van der Waals surface area contributed by atoms with E-state index in [1.54, 1.807) is 13.8 Å². The highest BCUT2D eigenvalue weighted by Crippen LogP contribution is 2.00. The molecular weight excluding hydrogens is 196 g/mol. The van der Waals surface area contributed by atoms with E-state index >= 15 is 0 Å². The van der Waals surface area contributed by atoms with Crippen LogP contribution in [0.2, 0.25) is 0 Å². The highest BCUT2D eigenvalue weighted by atomic mass is 32.2. The van der Waals surface area contributed by atoms with E-state index in [0.717, 1.165) is 6.40 Å². The summed E-state index contributed by atoms with van der Waals surface area (Å²) in [6, 6.07) is 0. The van der Waals surface area contributed by atoms with Crippen LogP contribution in [0, 0.1) is 0 Å². The Hall–Kier alpha value is -0.660. The summed E-state index contributed by atoms with van der Waals surface area (Å²) >= 11 is 0. The Kier molecular flexibility index (Phi) is 5.60. The van der Waals surface area contributed by atoms with E-state index in [1.165, 1.54) is 11.4 Å². The third-order valence-electron chi connectivity index (χ3n) is 1.35. The number of hydrogen-bond acceptors (Lipinski definition) is 4. The van der Waals surface area contributed by atoms with Crippen molar-refractivity contribution in [2.75, 3.05) is 20.2 Å². The van der Waals surface area contributed by atoms with E-state index in [2.05, 4.69) is 14.2 Å². The Morgan fingerprint density at radius 3 is 2.31 bits per heavy atom. The van der Waals surface area contributed by atoms with Crippen molar-refractivity contribution in [3.8, 4) is 0 Å². The summed E-state index contributed by atoms with van der Waals surface area (Å²) < 4.78 is 26.9. The van der Waals surface area contributed by atoms with Crippen LogP contribution in [0.3, 0.4) is 0 Å². The fraction of sp³-hybridized carbons (Fsp3) is 0.833. The van der Waals surface area contributed by atoms with Gasteiger partial charge in [0, 0.05) is 13.1 Å². The zero-order chi connectivity index (χ0) is 10.3. The molecular formula is C6H14N2O4S. The van der Waals surface area contributed by atoms with Gasteiger partial charge in [-0.2, -0.15) is 17.6 Å². The van der Waals surface area contributed by atoms with Gasteiger partial charge in [0.05, 0.1) is 7.11 Å². The highest BCUT2D eigenvalue weighted by Gasteiger charge is 2.16. The fourth-order valence-electron chi connectivity index (χ4n) is 0.732. The Morgan fingerprint density at radius 2 is 1.92 bits per heavy atom. The minimum absolute atomic E-state index is 0.378. The van der Waals surface area contributed by atoms with Crippen LogP contribution in [0.4, 0.5) is 0 Å². The summed E-state index contributed by atoms with van der Waals surface area (Å²) in [7, 11) is -2.34. The molecule has 6 nitrogen and oxygen atoms in total. The minimum atomic E-state index is -3.60. The van der Waals surface area contributed by atoms with E-state index in [4.69, 9.17) is 0 Å². The lowest BCUT2D eigenvalue weighted by atomic mass is 10.7. The maximum absolute atomic E-state index is 11.3. The molecule has 0 aliphatic carbocycles. The van der Waals surface area contributed by atoms with Gasteiger partial charge in [0.25, 0.3) is 0 Å². The molecule has 0 unspecified atom stereocenters. The van der Waals surface area contributed by atoms with Gasteiger partial charge < -0.3 is 4.89 Å². The van der Waals surface area contributed by atoms with E-state index < -0.39 is 10.2 Å². The lowest BCUT2D eigenvalue weighted by molar-refractivity contribution is -0.187. The highest BCUT2D eigenvalue weighted by molar-refractivity contribution is 7.87. The van der Waals surface area contributed by atoms with Crippen LogP contribution in [0.5, 0.6) is 0 Å². The van der Waals surface area contributed by atoms with Crippen LogP contribution in [-0.2, 0) is 20.0 Å². The first kappa shape index (κ1) is 12.3. The molecule has 0 N–H and O–H groups in total. The van der Waals surface area contributed by atoms with Gasteiger partial charge in [-0.25, -0.2) is 0 Å². The number of nitrogens with zero attached hydrogens (tertiary/aromatic N) is 2. The summed E-state index contributed by atoms with van der Waals surface area (Å²) in [5.74, 6) is 0. The number of hydrogen-bond donors (Lipinski definition) is 0. The Labute approximate surface area is 78.3 Å². The van der Waals surface area contributed by atoms with E-state index in [-0.39, 0.29) is 0 Å². The van der Waals surface area contributed by atoms with Gasteiger partial charge in [-0.05, 0) is 0 Å². The first-order valence-electron chi connectivity index (χ1n) is 3.81. The molecule has 0 aliphatic rings. The Morgan fingerprint density at radius 1 is 1.38 bits per heavy atom. The lowest BCUT2D eigenvalue weighted by Crippen LogP contribution is -2.28. The molecule has 0 saturated heterocycles. The average molecular weight is 210 g/mol. The predicted molar refractivity (Wildman–Crippen MR) is 48.4 cm³/mol. The second-order valence-electron chi connectivity index (χ2n) is 2.04. The van der Waals surface area contributed by atoms with Gasteiger partial charge in [-0.15, -0.1) is 4.40 Å². The largest absolute Gasteiger partial charge is 0.325 e. The first-order chi connectivity index (χ1) is 6.08. The van der Waals surface area contributed by atoms with Crippen molar-refractivity contribution in [2.45, 2.75) is 13.8 Å². The van der Waals surface area contributed by atoms with Crippen molar-refractivity contribution in [1.29, 1.82) is 0 Å². The van der Waals surface area contributed by atoms with Crippen molar-refractivity contribution in [3.05, 3.63) is 0 Å². The molecule has 0 aromatic carbocycles. The molecule has 0 fully saturated rings. The predicted octanol–water partition coefficient (Wildman–Crippen LogP) is 0.179. The molecule has 0 spiro atoms. The zero-order valence-electron chi connectivity index (χ0n) is 7.93. The third kappa shape index (κ3) is 4.20. The quantitative estimate of drug-likeness (QED) is 0.271. The van der Waals surface area contributed by atoms with Crippen molar-refractivity contribution in [2.24, 2.45) is 4.40 Å². The lowest BCUT2D eigenvalue weighted by Gasteiger charge is -2.13. The molecule has 0 saturated carbocycles. The molecule has 0 atom stereocenters. The molecule has 0 aromatic heterocycles. The van der Waals surface area contributed by atoms with Gasteiger partial charge in [-0.1, -0.05) is 13.8 Å². The zero-order valence-corrected chi connectivity index (χ0v) is 8.74. The van der Waals surface area contributed by atoms with Crippen LogP contribution in [0.15, 0.2) is 4.40 Å². The molecule has 0 aromatic rings. The second-order valence-corrected chi connectivity index (χ2v) is 3.66. The van der Waals surface area contributed by atoms with Crippen molar-refractivity contribution in [1.82, 2.24) is 4.31 Å². The van der Waals surface area contributed by atoms with Crippen LogP contribution < -0.4 is 0 Å². The third-order valence-corrected chi connectivity index (χ3v) is 2.87. The molecule has 78 valence electrons. The van der Waals surface area contributed by atoms with Gasteiger partial charge >= 0.3 is 10.2 Å².